The molecule has 0 bridgehead atoms. The fourth-order valence-electron chi connectivity index (χ4n) is 2.60. The Morgan fingerprint density at radius 3 is 2.57 bits per heavy atom. The molecule has 3 rings (SSSR count). The third kappa shape index (κ3) is 3.76. The Bertz CT molecular complexity index is 755. The monoisotopic (exact) mass is 312 g/mol. The van der Waals surface area contributed by atoms with E-state index in [4.69, 9.17) is 4.74 Å². The highest BCUT2D eigenvalue weighted by Crippen LogP contribution is 2.16. The van der Waals surface area contributed by atoms with Crippen molar-refractivity contribution < 1.29 is 14.9 Å². The van der Waals surface area contributed by atoms with Gasteiger partial charge in [-0.1, -0.05) is 42.5 Å². The van der Waals surface area contributed by atoms with Gasteiger partial charge in [0.05, 0.1) is 36.9 Å². The van der Waals surface area contributed by atoms with E-state index in [1.165, 1.54) is 0 Å². The molecule has 0 spiro atoms. The molecule has 23 heavy (non-hydrogen) atoms. The van der Waals surface area contributed by atoms with Gasteiger partial charge in [-0.3, -0.25) is 0 Å². The lowest BCUT2D eigenvalue weighted by Crippen LogP contribution is -2.23. The van der Waals surface area contributed by atoms with Gasteiger partial charge in [-0.05, 0) is 17.7 Å². The highest BCUT2D eigenvalue weighted by atomic mass is 16.5. The van der Waals surface area contributed by atoms with Crippen LogP contribution < -0.4 is 0 Å². The highest BCUT2D eigenvalue weighted by molar-refractivity contribution is 5.75. The van der Waals surface area contributed by atoms with Crippen LogP contribution in [0.5, 0.6) is 0 Å². The topological polar surface area (TPSA) is 67.5 Å². The molecule has 1 heterocycles. The van der Waals surface area contributed by atoms with Crippen LogP contribution in [0.15, 0.2) is 54.6 Å². The van der Waals surface area contributed by atoms with Gasteiger partial charge in [0.1, 0.15) is 12.4 Å². The molecule has 5 heteroatoms. The van der Waals surface area contributed by atoms with Crippen LogP contribution in [0.3, 0.4) is 0 Å². The van der Waals surface area contributed by atoms with Crippen LogP contribution in [0.25, 0.3) is 11.0 Å². The number of fused-ring (bicyclic) bond motifs is 1. The molecule has 0 fully saturated rings. The normalized spacial score (nSPS) is 12.6. The third-order valence-corrected chi connectivity index (χ3v) is 3.69. The van der Waals surface area contributed by atoms with Crippen LogP contribution in [0.4, 0.5) is 0 Å². The molecule has 1 atom stereocenters. The quantitative estimate of drug-likeness (QED) is 0.701. The number of rotatable bonds is 7. The third-order valence-electron chi connectivity index (χ3n) is 3.69. The van der Waals surface area contributed by atoms with Gasteiger partial charge in [0.2, 0.25) is 0 Å². The van der Waals surface area contributed by atoms with E-state index in [9.17, 15) is 10.2 Å². The number of aromatic nitrogens is 2. The summed E-state index contributed by atoms with van der Waals surface area (Å²) in [7, 11) is 0. The summed E-state index contributed by atoms with van der Waals surface area (Å²) in [4.78, 5) is 4.37. The minimum Gasteiger partial charge on any atom is -0.389 e. The molecule has 5 nitrogen and oxygen atoms in total. The van der Waals surface area contributed by atoms with Gasteiger partial charge in [-0.2, -0.15) is 0 Å². The Kier molecular flexibility index (Phi) is 5.02. The number of aliphatic hydroxyl groups excluding tert-OH is 2. The summed E-state index contributed by atoms with van der Waals surface area (Å²) < 4.78 is 7.41. The van der Waals surface area contributed by atoms with Crippen molar-refractivity contribution in [1.29, 1.82) is 0 Å². The first-order valence-corrected chi connectivity index (χ1v) is 7.62. The van der Waals surface area contributed by atoms with Crippen molar-refractivity contribution in [3.63, 3.8) is 0 Å². The first kappa shape index (κ1) is 15.7. The Labute approximate surface area is 134 Å². The molecule has 0 aliphatic carbocycles. The van der Waals surface area contributed by atoms with Crippen molar-refractivity contribution >= 4 is 11.0 Å². The van der Waals surface area contributed by atoms with Crippen molar-refractivity contribution in [3.8, 4) is 0 Å². The molecular formula is C18H20N2O3. The molecule has 0 radical (unpaired) electrons. The van der Waals surface area contributed by atoms with Crippen LogP contribution >= 0.6 is 0 Å². The summed E-state index contributed by atoms with van der Waals surface area (Å²) in [5.41, 5.74) is 2.79. The van der Waals surface area contributed by atoms with Crippen molar-refractivity contribution in [2.24, 2.45) is 0 Å². The van der Waals surface area contributed by atoms with E-state index in [1.54, 1.807) is 0 Å². The largest absolute Gasteiger partial charge is 0.389 e. The van der Waals surface area contributed by atoms with Crippen LogP contribution in [0.2, 0.25) is 0 Å². The fraction of sp³-hybridized carbons (Fsp3) is 0.278. The molecule has 0 aliphatic heterocycles. The summed E-state index contributed by atoms with van der Waals surface area (Å²) in [6.07, 6.45) is -0.665. The summed E-state index contributed by atoms with van der Waals surface area (Å²) >= 11 is 0. The van der Waals surface area contributed by atoms with Crippen molar-refractivity contribution in [1.82, 2.24) is 9.55 Å². The van der Waals surface area contributed by atoms with Crippen LogP contribution in [-0.2, 0) is 24.5 Å². The zero-order chi connectivity index (χ0) is 16.1. The first-order valence-electron chi connectivity index (χ1n) is 7.62. The van der Waals surface area contributed by atoms with E-state index in [0.29, 0.717) is 19.0 Å². The van der Waals surface area contributed by atoms with Gasteiger partial charge in [0.25, 0.3) is 0 Å². The van der Waals surface area contributed by atoms with E-state index < -0.39 is 6.10 Å². The molecule has 0 saturated heterocycles. The number of para-hydroxylation sites is 2. The van der Waals surface area contributed by atoms with Crippen LogP contribution in [-0.4, -0.2) is 32.5 Å². The van der Waals surface area contributed by atoms with E-state index >= 15 is 0 Å². The maximum absolute atomic E-state index is 10.2. The second-order valence-corrected chi connectivity index (χ2v) is 5.44. The predicted molar refractivity (Wildman–Crippen MR) is 87.8 cm³/mol. The smallest absolute Gasteiger partial charge is 0.135 e. The molecule has 3 aromatic rings. The van der Waals surface area contributed by atoms with Gasteiger partial charge in [0, 0.05) is 0 Å². The first-order chi connectivity index (χ1) is 11.3. The van der Waals surface area contributed by atoms with Gasteiger partial charge in [-0.15, -0.1) is 0 Å². The number of hydrogen-bond donors (Lipinski definition) is 2. The number of imidazole rings is 1. The van der Waals surface area contributed by atoms with E-state index in [0.717, 1.165) is 16.6 Å². The molecule has 0 aliphatic rings. The second-order valence-electron chi connectivity index (χ2n) is 5.44. The average molecular weight is 312 g/mol. The minimum absolute atomic E-state index is 0.160. The summed E-state index contributed by atoms with van der Waals surface area (Å²) in [5, 5.41) is 19.7. The molecule has 120 valence electrons. The lowest BCUT2D eigenvalue weighted by molar-refractivity contribution is 0.0201. The summed E-state index contributed by atoms with van der Waals surface area (Å²) in [6, 6.07) is 17.5. The number of ether oxygens (including phenoxy) is 1. The average Bonchev–Trinajstić information content (AvgIpc) is 2.94. The maximum atomic E-state index is 10.2. The number of benzene rings is 2. The molecule has 1 unspecified atom stereocenters. The summed E-state index contributed by atoms with van der Waals surface area (Å²) in [6.45, 7) is 0.874. The molecule has 0 saturated carbocycles. The summed E-state index contributed by atoms with van der Waals surface area (Å²) in [5.74, 6) is 0.549. The standard InChI is InChI=1S/C18H20N2O3/c21-11-18-19-16-8-4-5-9-17(16)20(18)10-15(22)13-23-12-14-6-2-1-3-7-14/h1-9,15,21-22H,10-13H2. The van der Waals surface area contributed by atoms with Crippen LogP contribution in [0.1, 0.15) is 11.4 Å². The number of hydrogen-bond acceptors (Lipinski definition) is 4. The minimum atomic E-state index is -0.665. The molecule has 0 amide bonds. The SMILES string of the molecule is OCc1nc2ccccc2n1CC(O)COCc1ccccc1. The lowest BCUT2D eigenvalue weighted by atomic mass is 10.2. The zero-order valence-electron chi connectivity index (χ0n) is 12.8. The lowest BCUT2D eigenvalue weighted by Gasteiger charge is -2.14. The molecular weight excluding hydrogens is 292 g/mol. The number of nitrogens with zero attached hydrogens (tertiary/aromatic N) is 2. The highest BCUT2D eigenvalue weighted by Gasteiger charge is 2.13. The predicted octanol–water partition coefficient (Wildman–Crippen LogP) is 2.11. The Morgan fingerprint density at radius 1 is 1.04 bits per heavy atom. The van der Waals surface area contributed by atoms with E-state index in [2.05, 4.69) is 4.98 Å². The second kappa shape index (κ2) is 7.37. The molecule has 2 N–H and O–H groups in total. The van der Waals surface area contributed by atoms with Crippen molar-refractivity contribution in [3.05, 3.63) is 66.0 Å². The van der Waals surface area contributed by atoms with Crippen molar-refractivity contribution in [2.45, 2.75) is 25.9 Å². The fourth-order valence-corrected chi connectivity index (χ4v) is 2.60. The number of aliphatic hydroxyl groups is 2. The Morgan fingerprint density at radius 2 is 1.78 bits per heavy atom. The van der Waals surface area contributed by atoms with E-state index in [1.807, 2.05) is 59.2 Å². The van der Waals surface area contributed by atoms with Gasteiger partial charge < -0.3 is 19.5 Å². The molecule has 2 aromatic carbocycles. The van der Waals surface area contributed by atoms with Gasteiger partial charge in [0.15, 0.2) is 0 Å². The maximum Gasteiger partial charge on any atom is 0.135 e. The van der Waals surface area contributed by atoms with Crippen LogP contribution in [0, 0.1) is 0 Å². The van der Waals surface area contributed by atoms with Gasteiger partial charge in [-0.25, -0.2) is 4.98 Å². The van der Waals surface area contributed by atoms with Crippen molar-refractivity contribution in [2.75, 3.05) is 6.61 Å². The Balaban J connectivity index is 1.62. The van der Waals surface area contributed by atoms with Gasteiger partial charge >= 0.3 is 0 Å². The zero-order valence-corrected chi connectivity index (χ0v) is 12.8. The van der Waals surface area contributed by atoms with E-state index in [-0.39, 0.29) is 13.2 Å². The molecule has 1 aromatic heterocycles. The Hall–Kier alpha value is -2.21.